The van der Waals surface area contributed by atoms with Crippen LogP contribution >= 0.6 is 11.3 Å². The topological polar surface area (TPSA) is 52.0 Å². The Morgan fingerprint density at radius 2 is 1.85 bits per heavy atom. The van der Waals surface area contributed by atoms with Crippen LogP contribution in [0.5, 0.6) is 11.5 Å². The van der Waals surface area contributed by atoms with Crippen LogP contribution < -0.4 is 9.54 Å². The highest BCUT2D eigenvalue weighted by Crippen LogP contribution is 2.22. The molecule has 2 aromatic heterocycles. The van der Waals surface area contributed by atoms with Gasteiger partial charge in [0.25, 0.3) is 0 Å². The van der Waals surface area contributed by atoms with Crippen molar-refractivity contribution in [3.63, 3.8) is 0 Å². The largest absolute Gasteiger partial charge is 0.463 e. The van der Waals surface area contributed by atoms with Crippen LogP contribution in [0.2, 0.25) is 0 Å². The lowest BCUT2D eigenvalue weighted by molar-refractivity contribution is 0.482. The van der Waals surface area contributed by atoms with E-state index in [4.69, 9.17) is 9.15 Å². The van der Waals surface area contributed by atoms with Crippen molar-refractivity contribution in [2.24, 2.45) is 10.1 Å². The van der Waals surface area contributed by atoms with Gasteiger partial charge in [-0.25, -0.2) is 4.68 Å². The molecule has 0 aliphatic carbocycles. The summed E-state index contributed by atoms with van der Waals surface area (Å²) in [4.78, 5) is 5.07. The molecule has 0 amide bonds. The molecule has 4 aromatic rings. The van der Waals surface area contributed by atoms with Gasteiger partial charge in [0.1, 0.15) is 17.2 Å². The smallest absolute Gasteiger partial charge is 0.206 e. The second-order valence-corrected chi connectivity index (χ2v) is 6.48. The molecule has 0 atom stereocenters. The van der Waals surface area contributed by atoms with Gasteiger partial charge in [0, 0.05) is 12.4 Å². The van der Waals surface area contributed by atoms with E-state index >= 15 is 0 Å². The Labute approximate surface area is 160 Å². The van der Waals surface area contributed by atoms with E-state index in [9.17, 15) is 0 Å². The lowest BCUT2D eigenvalue weighted by Gasteiger charge is -2.06. The average Bonchev–Trinajstić information content (AvgIpc) is 3.36. The van der Waals surface area contributed by atoms with Crippen LogP contribution in [0.3, 0.4) is 0 Å². The fourth-order valence-electron chi connectivity index (χ4n) is 2.56. The highest BCUT2D eigenvalue weighted by Gasteiger charge is 2.09. The molecule has 2 aromatic carbocycles. The summed E-state index contributed by atoms with van der Waals surface area (Å²) >= 11 is 1.51. The Morgan fingerprint density at radius 1 is 1.00 bits per heavy atom. The third kappa shape index (κ3) is 3.91. The van der Waals surface area contributed by atoms with Gasteiger partial charge in [-0.3, -0.25) is 4.99 Å². The van der Waals surface area contributed by atoms with E-state index in [1.165, 1.54) is 11.3 Å². The second-order valence-electron chi connectivity index (χ2n) is 5.65. The molecule has 134 valence electrons. The fourth-order valence-corrected chi connectivity index (χ4v) is 3.35. The van der Waals surface area contributed by atoms with Crippen LogP contribution in [-0.4, -0.2) is 17.9 Å². The molecule has 0 spiro atoms. The van der Waals surface area contributed by atoms with Gasteiger partial charge in [0.05, 0.1) is 12.5 Å². The minimum absolute atomic E-state index is 0.750. The van der Waals surface area contributed by atoms with Crippen molar-refractivity contribution in [1.29, 1.82) is 0 Å². The lowest BCUT2D eigenvalue weighted by atomic mass is 10.2. The Bertz CT molecular complexity index is 1110. The van der Waals surface area contributed by atoms with Gasteiger partial charge >= 0.3 is 0 Å². The molecule has 0 saturated carbocycles. The van der Waals surface area contributed by atoms with E-state index in [1.807, 2.05) is 72.1 Å². The second kappa shape index (κ2) is 7.88. The van der Waals surface area contributed by atoms with Crippen molar-refractivity contribution in [1.82, 2.24) is 4.68 Å². The maximum Gasteiger partial charge on any atom is 0.206 e. The van der Waals surface area contributed by atoms with Gasteiger partial charge in [0.15, 0.2) is 5.76 Å². The van der Waals surface area contributed by atoms with Crippen molar-refractivity contribution in [3.05, 3.63) is 88.7 Å². The molecular formula is C21H17N3O2S. The normalized spacial score (nSPS) is 12.0. The monoisotopic (exact) mass is 375 g/mol. The van der Waals surface area contributed by atoms with Gasteiger partial charge in [0.2, 0.25) is 4.80 Å². The zero-order chi connectivity index (χ0) is 18.5. The van der Waals surface area contributed by atoms with Crippen molar-refractivity contribution < 1.29 is 9.15 Å². The van der Waals surface area contributed by atoms with Crippen LogP contribution in [0.4, 0.5) is 0 Å². The number of furan rings is 1. The Morgan fingerprint density at radius 3 is 2.63 bits per heavy atom. The molecule has 4 rings (SSSR count). The Hall–Kier alpha value is -3.38. The number of nitrogens with zero attached hydrogens (tertiary/aromatic N) is 3. The molecular weight excluding hydrogens is 358 g/mol. The number of ether oxygens (including phenoxy) is 1. The number of para-hydroxylation sites is 1. The molecule has 2 heterocycles. The Balaban J connectivity index is 1.62. The van der Waals surface area contributed by atoms with Crippen molar-refractivity contribution in [2.45, 2.75) is 0 Å². The maximum atomic E-state index is 5.88. The van der Waals surface area contributed by atoms with E-state index in [0.29, 0.717) is 0 Å². The predicted molar refractivity (Wildman–Crippen MR) is 107 cm³/mol. The van der Waals surface area contributed by atoms with Gasteiger partial charge in [-0.05, 0) is 42.0 Å². The summed E-state index contributed by atoms with van der Waals surface area (Å²) in [6, 6.07) is 21.2. The minimum atomic E-state index is 0.750. The molecule has 0 saturated heterocycles. The quantitative estimate of drug-likeness (QED) is 0.460. The number of thiazole rings is 1. The average molecular weight is 375 g/mol. The molecule has 0 bridgehead atoms. The maximum absolute atomic E-state index is 5.88. The first-order valence-corrected chi connectivity index (χ1v) is 9.26. The number of hydrogen-bond acceptors (Lipinski definition) is 5. The minimum Gasteiger partial charge on any atom is -0.463 e. The summed E-state index contributed by atoms with van der Waals surface area (Å²) in [5, 5.41) is 6.58. The first kappa shape index (κ1) is 17.1. The van der Waals surface area contributed by atoms with E-state index in [0.717, 1.165) is 33.3 Å². The van der Waals surface area contributed by atoms with Crippen molar-refractivity contribution in [3.8, 4) is 23.0 Å². The molecule has 0 fully saturated rings. The zero-order valence-corrected chi connectivity index (χ0v) is 15.5. The van der Waals surface area contributed by atoms with E-state index in [2.05, 4.69) is 10.1 Å². The molecule has 5 nitrogen and oxygen atoms in total. The summed E-state index contributed by atoms with van der Waals surface area (Å²) in [6.45, 7) is 0. The highest BCUT2D eigenvalue weighted by molar-refractivity contribution is 7.07. The summed E-state index contributed by atoms with van der Waals surface area (Å²) in [5.41, 5.74) is 1.79. The summed E-state index contributed by atoms with van der Waals surface area (Å²) in [7, 11) is 1.75. The number of hydrogen-bond donors (Lipinski definition) is 0. The van der Waals surface area contributed by atoms with E-state index < -0.39 is 0 Å². The third-order valence-electron chi connectivity index (χ3n) is 3.81. The molecule has 0 unspecified atom stereocenters. The standard InChI is InChI=1S/C21H17N3O2S/c1-22-21-24(19(15-27-21)20-11-6-12-25-20)23-14-16-7-5-10-18(13-16)26-17-8-3-2-4-9-17/h2-15H,1H3. The summed E-state index contributed by atoms with van der Waals surface area (Å²) < 4.78 is 13.2. The zero-order valence-electron chi connectivity index (χ0n) is 14.6. The predicted octanol–water partition coefficient (Wildman–Crippen LogP) is 5.01. The van der Waals surface area contributed by atoms with Crippen LogP contribution in [0.1, 0.15) is 5.56 Å². The van der Waals surface area contributed by atoms with Crippen LogP contribution in [-0.2, 0) is 0 Å². The summed E-state index contributed by atoms with van der Waals surface area (Å²) in [5.74, 6) is 2.30. The SMILES string of the molecule is CN=c1scc(-c2ccco2)n1N=Cc1cccc(Oc2ccccc2)c1. The summed E-state index contributed by atoms with van der Waals surface area (Å²) in [6.07, 6.45) is 3.43. The van der Waals surface area contributed by atoms with E-state index in [1.54, 1.807) is 24.2 Å². The molecule has 0 aliphatic heterocycles. The molecule has 0 aliphatic rings. The van der Waals surface area contributed by atoms with Crippen LogP contribution in [0.15, 0.2) is 92.9 Å². The number of rotatable bonds is 5. The van der Waals surface area contributed by atoms with Crippen molar-refractivity contribution >= 4 is 17.6 Å². The van der Waals surface area contributed by atoms with Crippen LogP contribution in [0.25, 0.3) is 11.5 Å². The molecule has 27 heavy (non-hydrogen) atoms. The highest BCUT2D eigenvalue weighted by atomic mass is 32.1. The van der Waals surface area contributed by atoms with Gasteiger partial charge < -0.3 is 9.15 Å². The van der Waals surface area contributed by atoms with E-state index in [-0.39, 0.29) is 0 Å². The molecule has 6 heteroatoms. The van der Waals surface area contributed by atoms with Crippen LogP contribution in [0, 0.1) is 0 Å². The first-order valence-electron chi connectivity index (χ1n) is 8.38. The third-order valence-corrected chi connectivity index (χ3v) is 4.72. The number of benzene rings is 2. The Kier molecular flexibility index (Phi) is 4.98. The van der Waals surface area contributed by atoms with Crippen molar-refractivity contribution in [2.75, 3.05) is 7.05 Å². The molecule has 0 N–H and O–H groups in total. The molecule has 0 radical (unpaired) electrons. The number of aromatic nitrogens is 1. The van der Waals surface area contributed by atoms with Gasteiger partial charge in [-0.1, -0.05) is 30.3 Å². The lowest BCUT2D eigenvalue weighted by Crippen LogP contribution is -2.11. The first-order chi connectivity index (χ1) is 13.3. The van der Waals surface area contributed by atoms with Gasteiger partial charge in [-0.15, -0.1) is 11.3 Å². The fraction of sp³-hybridized carbons (Fsp3) is 0.0476. The van der Waals surface area contributed by atoms with Gasteiger partial charge in [-0.2, -0.15) is 5.10 Å².